The Morgan fingerprint density at radius 2 is 1.85 bits per heavy atom. The Balaban J connectivity index is 1.69. The van der Waals surface area contributed by atoms with Gasteiger partial charge in [0.15, 0.2) is 0 Å². The van der Waals surface area contributed by atoms with E-state index in [0.717, 1.165) is 16.6 Å². The topological polar surface area (TPSA) is 65.3 Å². The zero-order chi connectivity index (χ0) is 19.1. The summed E-state index contributed by atoms with van der Waals surface area (Å²) < 4.78 is 9.01. The monoisotopic (exact) mass is 365 g/mol. The molecule has 3 aromatic rings. The SMILES string of the molecule is Cc1cn(C)c(=O)c2c(C(=O)NC3COCC3c3ccccc3)cn(C)c12. The zero-order valence-electron chi connectivity index (χ0n) is 15.7. The lowest BCUT2D eigenvalue weighted by atomic mass is 9.94. The molecule has 2 unspecified atom stereocenters. The van der Waals surface area contributed by atoms with Crippen LogP contribution in [0.3, 0.4) is 0 Å². The van der Waals surface area contributed by atoms with Crippen LogP contribution in [0.2, 0.25) is 0 Å². The maximum atomic E-state index is 13.1. The number of nitrogens with one attached hydrogen (secondary N) is 1. The Bertz CT molecular complexity index is 1070. The number of pyridine rings is 1. The van der Waals surface area contributed by atoms with E-state index < -0.39 is 0 Å². The Morgan fingerprint density at radius 1 is 1.11 bits per heavy atom. The number of nitrogens with zero attached hydrogens (tertiary/aromatic N) is 2. The first kappa shape index (κ1) is 17.5. The van der Waals surface area contributed by atoms with Gasteiger partial charge in [0.2, 0.25) is 0 Å². The molecular weight excluding hydrogens is 342 g/mol. The molecular formula is C21H23N3O3. The van der Waals surface area contributed by atoms with Gasteiger partial charge in [-0.05, 0) is 18.1 Å². The first-order valence-corrected chi connectivity index (χ1v) is 9.06. The van der Waals surface area contributed by atoms with Gasteiger partial charge in [0, 0.05) is 32.4 Å². The minimum atomic E-state index is -0.236. The third-order valence-electron chi connectivity index (χ3n) is 5.35. The maximum Gasteiger partial charge on any atom is 0.260 e. The molecule has 1 aliphatic rings. The highest BCUT2D eigenvalue weighted by molar-refractivity contribution is 6.07. The van der Waals surface area contributed by atoms with Crippen LogP contribution in [0, 0.1) is 6.92 Å². The molecule has 1 aliphatic heterocycles. The molecule has 6 nitrogen and oxygen atoms in total. The number of hydrogen-bond acceptors (Lipinski definition) is 3. The van der Waals surface area contributed by atoms with Crippen molar-refractivity contribution in [2.75, 3.05) is 13.2 Å². The molecule has 27 heavy (non-hydrogen) atoms. The molecule has 1 amide bonds. The first-order chi connectivity index (χ1) is 13.0. The van der Waals surface area contributed by atoms with Gasteiger partial charge in [0.1, 0.15) is 0 Å². The zero-order valence-corrected chi connectivity index (χ0v) is 15.7. The van der Waals surface area contributed by atoms with Crippen molar-refractivity contribution in [1.82, 2.24) is 14.5 Å². The summed E-state index contributed by atoms with van der Waals surface area (Å²) in [5, 5.41) is 3.56. The molecule has 3 heterocycles. The molecule has 0 spiro atoms. The second-order valence-corrected chi connectivity index (χ2v) is 7.24. The highest BCUT2D eigenvalue weighted by atomic mass is 16.5. The van der Waals surface area contributed by atoms with Crippen LogP contribution in [0.25, 0.3) is 10.9 Å². The molecule has 0 radical (unpaired) electrons. The van der Waals surface area contributed by atoms with E-state index in [4.69, 9.17) is 4.74 Å². The Labute approximate surface area is 157 Å². The summed E-state index contributed by atoms with van der Waals surface area (Å²) in [6, 6.07) is 9.93. The summed E-state index contributed by atoms with van der Waals surface area (Å²) in [6.07, 6.45) is 3.53. The predicted octanol–water partition coefficient (Wildman–Crippen LogP) is 2.10. The molecule has 6 heteroatoms. The van der Waals surface area contributed by atoms with Crippen LogP contribution >= 0.6 is 0 Å². The third kappa shape index (κ3) is 2.96. The Morgan fingerprint density at radius 3 is 2.59 bits per heavy atom. The van der Waals surface area contributed by atoms with Crippen LogP contribution in [0.5, 0.6) is 0 Å². The van der Waals surface area contributed by atoms with Crippen LogP contribution in [-0.2, 0) is 18.8 Å². The van der Waals surface area contributed by atoms with Crippen molar-refractivity contribution in [3.05, 3.63) is 69.8 Å². The Hall–Kier alpha value is -2.86. The van der Waals surface area contributed by atoms with Crippen molar-refractivity contribution in [3.63, 3.8) is 0 Å². The van der Waals surface area contributed by atoms with Crippen molar-refractivity contribution in [2.24, 2.45) is 14.1 Å². The average molecular weight is 365 g/mol. The molecule has 2 atom stereocenters. The summed E-state index contributed by atoms with van der Waals surface area (Å²) in [5.41, 5.74) is 3.15. The van der Waals surface area contributed by atoms with Crippen molar-refractivity contribution in [3.8, 4) is 0 Å². The molecule has 140 valence electrons. The van der Waals surface area contributed by atoms with E-state index >= 15 is 0 Å². The number of fused-ring (bicyclic) bond motifs is 1. The smallest absolute Gasteiger partial charge is 0.260 e. The van der Waals surface area contributed by atoms with Crippen LogP contribution in [0.1, 0.15) is 27.4 Å². The number of carbonyl (C=O) groups excluding carboxylic acids is 1. The van der Waals surface area contributed by atoms with Gasteiger partial charge in [-0.2, -0.15) is 0 Å². The molecule has 0 bridgehead atoms. The minimum absolute atomic E-state index is 0.106. The predicted molar refractivity (Wildman–Crippen MR) is 104 cm³/mol. The fourth-order valence-electron chi connectivity index (χ4n) is 4.05. The number of hydrogen-bond donors (Lipinski definition) is 1. The molecule has 0 saturated carbocycles. The highest BCUT2D eigenvalue weighted by Crippen LogP contribution is 2.27. The fourth-order valence-corrected chi connectivity index (χ4v) is 4.05. The van der Waals surface area contributed by atoms with Gasteiger partial charge >= 0.3 is 0 Å². The number of ether oxygens (including phenoxy) is 1. The van der Waals surface area contributed by atoms with E-state index in [1.165, 1.54) is 4.57 Å². The maximum absolute atomic E-state index is 13.1. The summed E-state index contributed by atoms with van der Waals surface area (Å²) in [6.45, 7) is 2.98. The second kappa shape index (κ2) is 6.70. The summed E-state index contributed by atoms with van der Waals surface area (Å²) >= 11 is 0. The van der Waals surface area contributed by atoms with Crippen LogP contribution in [0.15, 0.2) is 47.5 Å². The number of aryl methyl sites for hydroxylation is 3. The summed E-state index contributed by atoms with van der Waals surface area (Å²) in [5.74, 6) is -0.130. The lowest BCUT2D eigenvalue weighted by Gasteiger charge is -2.19. The van der Waals surface area contributed by atoms with Crippen LogP contribution in [0.4, 0.5) is 0 Å². The van der Waals surface area contributed by atoms with Gasteiger partial charge in [0.05, 0.1) is 35.7 Å². The van der Waals surface area contributed by atoms with E-state index in [-0.39, 0.29) is 23.4 Å². The van der Waals surface area contributed by atoms with Crippen molar-refractivity contribution in [1.29, 1.82) is 0 Å². The normalized spacial score (nSPS) is 19.5. The lowest BCUT2D eigenvalue weighted by molar-refractivity contribution is 0.0929. The largest absolute Gasteiger partial charge is 0.379 e. The van der Waals surface area contributed by atoms with Gasteiger partial charge in [0.25, 0.3) is 11.5 Å². The van der Waals surface area contributed by atoms with Gasteiger partial charge in [-0.15, -0.1) is 0 Å². The average Bonchev–Trinajstić information content (AvgIpc) is 3.25. The van der Waals surface area contributed by atoms with Crippen molar-refractivity contribution >= 4 is 16.8 Å². The van der Waals surface area contributed by atoms with E-state index in [1.54, 1.807) is 19.4 Å². The molecule has 1 saturated heterocycles. The number of benzene rings is 1. The van der Waals surface area contributed by atoms with Crippen LogP contribution in [-0.4, -0.2) is 34.3 Å². The van der Waals surface area contributed by atoms with E-state index in [1.807, 2.05) is 36.7 Å². The lowest BCUT2D eigenvalue weighted by Crippen LogP contribution is -2.39. The molecule has 2 aromatic heterocycles. The number of amides is 1. The van der Waals surface area contributed by atoms with Crippen LogP contribution < -0.4 is 10.9 Å². The molecule has 1 aromatic carbocycles. The number of rotatable bonds is 3. The summed E-state index contributed by atoms with van der Waals surface area (Å²) in [7, 11) is 3.57. The minimum Gasteiger partial charge on any atom is -0.379 e. The molecule has 1 fully saturated rings. The fraction of sp³-hybridized carbons (Fsp3) is 0.333. The standard InChI is InChI=1S/C21H23N3O3/c1-13-9-24(3)21(26)18-15(10-23(2)19(13)18)20(25)22-17-12-27-11-16(17)14-7-5-4-6-8-14/h4-10,16-17H,11-12H2,1-3H3,(H,22,25). The number of carbonyl (C=O) groups is 1. The highest BCUT2D eigenvalue weighted by Gasteiger charge is 2.32. The van der Waals surface area contributed by atoms with Gasteiger partial charge in [-0.3, -0.25) is 9.59 Å². The van der Waals surface area contributed by atoms with Gasteiger partial charge in [-0.1, -0.05) is 30.3 Å². The molecule has 1 N–H and O–H groups in total. The molecule has 4 rings (SSSR count). The van der Waals surface area contributed by atoms with Gasteiger partial charge < -0.3 is 19.2 Å². The quantitative estimate of drug-likeness (QED) is 0.773. The first-order valence-electron chi connectivity index (χ1n) is 9.06. The van der Waals surface area contributed by atoms with Gasteiger partial charge in [-0.25, -0.2) is 0 Å². The second-order valence-electron chi connectivity index (χ2n) is 7.24. The Kier molecular flexibility index (Phi) is 4.36. The van der Waals surface area contributed by atoms with E-state index in [2.05, 4.69) is 17.4 Å². The third-order valence-corrected chi connectivity index (χ3v) is 5.35. The molecule has 0 aliphatic carbocycles. The summed E-state index contributed by atoms with van der Waals surface area (Å²) in [4.78, 5) is 25.7. The van der Waals surface area contributed by atoms with Crippen molar-refractivity contribution in [2.45, 2.75) is 18.9 Å². The van der Waals surface area contributed by atoms with Crippen molar-refractivity contribution < 1.29 is 9.53 Å². The van der Waals surface area contributed by atoms with E-state index in [9.17, 15) is 9.59 Å². The number of aromatic nitrogens is 2. The van der Waals surface area contributed by atoms with E-state index in [0.29, 0.717) is 24.2 Å².